The summed E-state index contributed by atoms with van der Waals surface area (Å²) in [5, 5.41) is 0.679. The number of hydrogen-bond donors (Lipinski definition) is 0. The van der Waals surface area contributed by atoms with Crippen molar-refractivity contribution in [2.24, 2.45) is 11.8 Å². The van der Waals surface area contributed by atoms with Crippen LogP contribution in [0.2, 0.25) is 0 Å². The summed E-state index contributed by atoms with van der Waals surface area (Å²) >= 11 is 0. The molecule has 1 amide bonds. The highest BCUT2D eigenvalue weighted by Gasteiger charge is 2.32. The average molecular weight is 324 g/mol. The van der Waals surface area contributed by atoms with Crippen molar-refractivity contribution in [1.82, 2.24) is 9.47 Å². The summed E-state index contributed by atoms with van der Waals surface area (Å²) < 4.78 is 1.91. The highest BCUT2D eigenvalue weighted by Crippen LogP contribution is 2.36. The number of benzene rings is 1. The number of rotatable bonds is 2. The van der Waals surface area contributed by atoms with Crippen LogP contribution in [0, 0.1) is 11.8 Å². The van der Waals surface area contributed by atoms with Crippen LogP contribution in [0.5, 0.6) is 0 Å². The number of amides is 1. The summed E-state index contributed by atoms with van der Waals surface area (Å²) in [6, 6.07) is 9.08. The standard InChI is InChI=1S/C20H24N2O2/c23-19-10-12-21(18-8-4-3-7-17(18)19)14-20(24)22-11-9-15-5-1-2-6-16(15)13-22/h3-4,7-8,10,12,15-16H,1-2,5-6,9,11,13-14H2/t15-,16+/m1/s1. The molecule has 2 atom stereocenters. The van der Waals surface area contributed by atoms with Gasteiger partial charge >= 0.3 is 0 Å². The lowest BCUT2D eigenvalue weighted by atomic mass is 9.75. The number of hydrogen-bond acceptors (Lipinski definition) is 2. The van der Waals surface area contributed by atoms with Gasteiger partial charge in [-0.1, -0.05) is 31.4 Å². The Balaban J connectivity index is 1.52. The van der Waals surface area contributed by atoms with E-state index in [1.165, 1.54) is 25.7 Å². The molecule has 0 bridgehead atoms. The van der Waals surface area contributed by atoms with Gasteiger partial charge in [0.2, 0.25) is 5.91 Å². The molecule has 2 fully saturated rings. The normalized spacial score (nSPS) is 23.9. The molecule has 1 aromatic heterocycles. The average Bonchev–Trinajstić information content (AvgIpc) is 2.64. The lowest BCUT2D eigenvalue weighted by Gasteiger charge is -2.41. The predicted octanol–water partition coefficient (Wildman–Crippen LogP) is 3.04. The Morgan fingerprint density at radius 1 is 1.04 bits per heavy atom. The van der Waals surface area contributed by atoms with Gasteiger partial charge in [0, 0.05) is 30.7 Å². The zero-order valence-electron chi connectivity index (χ0n) is 14.0. The van der Waals surface area contributed by atoms with E-state index in [4.69, 9.17) is 0 Å². The minimum absolute atomic E-state index is 0.0114. The van der Waals surface area contributed by atoms with Crippen LogP contribution in [0.15, 0.2) is 41.3 Å². The maximum Gasteiger partial charge on any atom is 0.242 e. The summed E-state index contributed by atoms with van der Waals surface area (Å²) in [4.78, 5) is 26.8. The number of aromatic nitrogens is 1. The second kappa shape index (κ2) is 6.42. The van der Waals surface area contributed by atoms with Gasteiger partial charge in [-0.3, -0.25) is 9.59 Å². The van der Waals surface area contributed by atoms with E-state index in [2.05, 4.69) is 0 Å². The summed E-state index contributed by atoms with van der Waals surface area (Å²) in [6.07, 6.45) is 8.19. The number of para-hydroxylation sites is 1. The molecular weight excluding hydrogens is 300 g/mol. The summed E-state index contributed by atoms with van der Waals surface area (Å²) in [7, 11) is 0. The van der Waals surface area contributed by atoms with E-state index in [-0.39, 0.29) is 11.3 Å². The molecule has 2 aliphatic rings. The number of carbonyl (C=O) groups excluding carboxylic acids is 1. The lowest BCUT2D eigenvalue weighted by molar-refractivity contribution is -0.134. The predicted molar refractivity (Wildman–Crippen MR) is 94.9 cm³/mol. The molecule has 0 radical (unpaired) electrons. The van der Waals surface area contributed by atoms with E-state index in [0.717, 1.165) is 30.9 Å². The Kier molecular flexibility index (Phi) is 4.13. The van der Waals surface area contributed by atoms with Crippen LogP contribution < -0.4 is 5.43 Å². The molecule has 0 N–H and O–H groups in total. The maximum atomic E-state index is 12.8. The Bertz CT molecular complexity index is 811. The van der Waals surface area contributed by atoms with E-state index in [1.54, 1.807) is 12.3 Å². The zero-order chi connectivity index (χ0) is 16.5. The van der Waals surface area contributed by atoms with Crippen molar-refractivity contribution in [3.8, 4) is 0 Å². The first kappa shape index (κ1) is 15.4. The fourth-order valence-corrected chi connectivity index (χ4v) is 4.47. The number of carbonyl (C=O) groups is 1. The number of piperidine rings is 1. The van der Waals surface area contributed by atoms with Crippen LogP contribution >= 0.6 is 0 Å². The third-order valence-electron chi connectivity index (χ3n) is 5.83. The third kappa shape index (κ3) is 2.85. The molecule has 4 rings (SSSR count). The molecule has 0 unspecified atom stereocenters. The second-order valence-electron chi connectivity index (χ2n) is 7.26. The van der Waals surface area contributed by atoms with Crippen molar-refractivity contribution in [2.75, 3.05) is 13.1 Å². The monoisotopic (exact) mass is 324 g/mol. The minimum Gasteiger partial charge on any atom is -0.341 e. The molecule has 24 heavy (non-hydrogen) atoms. The molecular formula is C20H24N2O2. The molecule has 1 saturated carbocycles. The highest BCUT2D eigenvalue weighted by atomic mass is 16.2. The topological polar surface area (TPSA) is 42.3 Å². The highest BCUT2D eigenvalue weighted by molar-refractivity contribution is 5.82. The Morgan fingerprint density at radius 3 is 2.71 bits per heavy atom. The van der Waals surface area contributed by atoms with Gasteiger partial charge in [0.15, 0.2) is 5.43 Å². The fraction of sp³-hybridized carbons (Fsp3) is 0.500. The molecule has 1 aliphatic heterocycles. The van der Waals surface area contributed by atoms with Crippen LogP contribution in [-0.4, -0.2) is 28.5 Å². The fourth-order valence-electron chi connectivity index (χ4n) is 4.47. The molecule has 2 aromatic rings. The third-order valence-corrected chi connectivity index (χ3v) is 5.83. The van der Waals surface area contributed by atoms with Gasteiger partial charge in [-0.2, -0.15) is 0 Å². The van der Waals surface area contributed by atoms with Crippen LogP contribution in [0.25, 0.3) is 10.9 Å². The Morgan fingerprint density at radius 2 is 1.83 bits per heavy atom. The first-order valence-electron chi connectivity index (χ1n) is 9.08. The second-order valence-corrected chi connectivity index (χ2v) is 7.26. The summed E-state index contributed by atoms with van der Waals surface area (Å²) in [5.74, 6) is 1.70. The van der Waals surface area contributed by atoms with Crippen molar-refractivity contribution in [3.05, 3.63) is 46.8 Å². The van der Waals surface area contributed by atoms with Gasteiger partial charge in [0.25, 0.3) is 0 Å². The van der Waals surface area contributed by atoms with Crippen molar-refractivity contribution >= 4 is 16.8 Å². The van der Waals surface area contributed by atoms with Crippen LogP contribution in [-0.2, 0) is 11.3 Å². The van der Waals surface area contributed by atoms with Crippen molar-refractivity contribution in [1.29, 1.82) is 0 Å². The van der Waals surface area contributed by atoms with Gasteiger partial charge in [0.05, 0.1) is 5.52 Å². The zero-order valence-corrected chi connectivity index (χ0v) is 14.0. The van der Waals surface area contributed by atoms with E-state index in [1.807, 2.05) is 33.7 Å². The molecule has 2 heterocycles. The number of likely N-dealkylation sites (tertiary alicyclic amines) is 1. The van der Waals surface area contributed by atoms with Gasteiger partial charge in [0.1, 0.15) is 6.54 Å². The van der Waals surface area contributed by atoms with E-state index in [9.17, 15) is 9.59 Å². The van der Waals surface area contributed by atoms with E-state index in [0.29, 0.717) is 17.8 Å². The molecule has 4 heteroatoms. The first-order chi connectivity index (χ1) is 11.7. The Labute approximate surface area is 142 Å². The van der Waals surface area contributed by atoms with E-state index < -0.39 is 0 Å². The Hall–Kier alpha value is -2.10. The molecule has 1 aliphatic carbocycles. The number of fused-ring (bicyclic) bond motifs is 2. The van der Waals surface area contributed by atoms with E-state index >= 15 is 0 Å². The minimum atomic E-state index is 0.0114. The van der Waals surface area contributed by atoms with Crippen LogP contribution in [0.4, 0.5) is 0 Å². The molecule has 1 aromatic carbocycles. The van der Waals surface area contributed by atoms with Gasteiger partial charge < -0.3 is 9.47 Å². The largest absolute Gasteiger partial charge is 0.341 e. The molecule has 126 valence electrons. The number of nitrogens with zero attached hydrogens (tertiary/aromatic N) is 2. The first-order valence-corrected chi connectivity index (χ1v) is 9.08. The summed E-state index contributed by atoms with van der Waals surface area (Å²) in [6.45, 7) is 2.12. The molecule has 0 spiro atoms. The van der Waals surface area contributed by atoms with Crippen LogP contribution in [0.1, 0.15) is 32.1 Å². The van der Waals surface area contributed by atoms with Crippen molar-refractivity contribution in [2.45, 2.75) is 38.6 Å². The lowest BCUT2D eigenvalue weighted by Crippen LogP contribution is -2.45. The van der Waals surface area contributed by atoms with Gasteiger partial charge in [-0.05, 0) is 36.8 Å². The molecule has 4 nitrogen and oxygen atoms in total. The van der Waals surface area contributed by atoms with Crippen molar-refractivity contribution in [3.63, 3.8) is 0 Å². The van der Waals surface area contributed by atoms with Crippen LogP contribution in [0.3, 0.4) is 0 Å². The number of pyridine rings is 1. The summed E-state index contributed by atoms with van der Waals surface area (Å²) in [5.41, 5.74) is 0.850. The molecule has 1 saturated heterocycles. The maximum absolute atomic E-state index is 12.8. The quantitative estimate of drug-likeness (QED) is 0.852. The van der Waals surface area contributed by atoms with Gasteiger partial charge in [-0.25, -0.2) is 0 Å². The van der Waals surface area contributed by atoms with Gasteiger partial charge in [-0.15, -0.1) is 0 Å². The smallest absolute Gasteiger partial charge is 0.242 e. The van der Waals surface area contributed by atoms with Crippen molar-refractivity contribution < 1.29 is 4.79 Å². The SMILES string of the molecule is O=C(Cn1ccc(=O)c2ccccc21)N1CC[C@H]2CCCC[C@H]2C1.